The van der Waals surface area contributed by atoms with E-state index in [1.54, 1.807) is 12.1 Å². The van der Waals surface area contributed by atoms with E-state index in [0.717, 1.165) is 22.9 Å². The molecule has 0 heterocycles. The molecule has 0 aliphatic rings. The monoisotopic (exact) mass is 413 g/mol. The number of rotatable bonds is 5. The molecule has 2 amide bonds. The van der Waals surface area contributed by atoms with E-state index in [2.05, 4.69) is 15.8 Å². The van der Waals surface area contributed by atoms with Crippen LogP contribution in [0.2, 0.25) is 0 Å². The smallest absolute Gasteiger partial charge is 0.326 e. The number of benzene rings is 3. The molecule has 0 atom stereocenters. The Balaban J connectivity index is 1.59. The standard InChI is InChI=1S/C22H18F3N3O2/c1-14(11-20(29)26-19-8-4-7-18(13-19)22(23,24)25)27-28-21(30)17-10-9-15-5-2-3-6-16(15)12-17/h2-10,12-13H,11H2,1H3,(H,26,29)(H,28,30)/b27-14+. The second-order valence-corrected chi connectivity index (χ2v) is 6.65. The van der Waals surface area contributed by atoms with Crippen molar-refractivity contribution in [3.8, 4) is 0 Å². The molecular weight excluding hydrogens is 395 g/mol. The fraction of sp³-hybridized carbons (Fsp3) is 0.136. The lowest BCUT2D eigenvalue weighted by Crippen LogP contribution is -2.21. The summed E-state index contributed by atoms with van der Waals surface area (Å²) < 4.78 is 38.2. The van der Waals surface area contributed by atoms with Gasteiger partial charge in [-0.1, -0.05) is 36.4 Å². The Morgan fingerprint density at radius 2 is 1.67 bits per heavy atom. The summed E-state index contributed by atoms with van der Waals surface area (Å²) in [6.07, 6.45) is -4.68. The van der Waals surface area contributed by atoms with Gasteiger partial charge in [-0.3, -0.25) is 9.59 Å². The number of anilines is 1. The fourth-order valence-corrected chi connectivity index (χ4v) is 2.79. The van der Waals surface area contributed by atoms with Crippen LogP contribution in [0.25, 0.3) is 10.8 Å². The zero-order valence-electron chi connectivity index (χ0n) is 16.0. The Morgan fingerprint density at radius 3 is 2.40 bits per heavy atom. The average Bonchev–Trinajstić information content (AvgIpc) is 2.71. The maximum Gasteiger partial charge on any atom is 0.416 e. The Kier molecular flexibility index (Phi) is 6.15. The average molecular weight is 413 g/mol. The molecule has 3 aromatic rings. The lowest BCUT2D eigenvalue weighted by atomic mass is 10.1. The van der Waals surface area contributed by atoms with Crippen molar-refractivity contribution in [1.29, 1.82) is 0 Å². The number of hydrogen-bond acceptors (Lipinski definition) is 3. The summed E-state index contributed by atoms with van der Waals surface area (Å²) in [6.45, 7) is 1.53. The first-order valence-corrected chi connectivity index (χ1v) is 9.02. The third-order valence-electron chi connectivity index (χ3n) is 4.25. The van der Waals surface area contributed by atoms with Crippen LogP contribution in [0.3, 0.4) is 0 Å². The molecule has 0 spiro atoms. The quantitative estimate of drug-likeness (QED) is 0.457. The number of nitrogens with one attached hydrogen (secondary N) is 2. The topological polar surface area (TPSA) is 70.6 Å². The van der Waals surface area contributed by atoms with Gasteiger partial charge in [0.15, 0.2) is 0 Å². The van der Waals surface area contributed by atoms with Crippen molar-refractivity contribution in [3.63, 3.8) is 0 Å². The molecule has 3 rings (SSSR count). The van der Waals surface area contributed by atoms with E-state index in [1.165, 1.54) is 19.1 Å². The molecule has 154 valence electrons. The SMILES string of the molecule is C/C(CC(=O)Nc1cccc(C(F)(F)F)c1)=N\NC(=O)c1ccc2ccccc2c1. The van der Waals surface area contributed by atoms with Gasteiger partial charge in [0.1, 0.15) is 0 Å². The fourth-order valence-electron chi connectivity index (χ4n) is 2.79. The molecule has 0 aliphatic carbocycles. The van der Waals surface area contributed by atoms with Crippen LogP contribution in [-0.4, -0.2) is 17.5 Å². The highest BCUT2D eigenvalue weighted by atomic mass is 19.4. The number of hydrazone groups is 1. The number of carbonyl (C=O) groups excluding carboxylic acids is 2. The molecule has 0 bridgehead atoms. The molecule has 5 nitrogen and oxygen atoms in total. The van der Waals surface area contributed by atoms with Gasteiger partial charge in [0.25, 0.3) is 5.91 Å². The van der Waals surface area contributed by atoms with Crippen LogP contribution >= 0.6 is 0 Å². The van der Waals surface area contributed by atoms with Gasteiger partial charge in [-0.2, -0.15) is 18.3 Å². The lowest BCUT2D eigenvalue weighted by molar-refractivity contribution is -0.137. The van der Waals surface area contributed by atoms with Gasteiger partial charge in [0.05, 0.1) is 12.0 Å². The number of carbonyl (C=O) groups is 2. The molecule has 0 unspecified atom stereocenters. The molecule has 0 saturated heterocycles. The lowest BCUT2D eigenvalue weighted by Gasteiger charge is -2.10. The molecule has 30 heavy (non-hydrogen) atoms. The summed E-state index contributed by atoms with van der Waals surface area (Å²) in [4.78, 5) is 24.3. The first-order chi connectivity index (χ1) is 14.2. The van der Waals surface area contributed by atoms with E-state index < -0.39 is 23.6 Å². The Bertz CT molecular complexity index is 1120. The minimum atomic E-state index is -4.49. The van der Waals surface area contributed by atoms with Crippen LogP contribution in [0.5, 0.6) is 0 Å². The first kappa shape index (κ1) is 21.0. The predicted octanol–water partition coefficient (Wildman–Crippen LogP) is 4.99. The van der Waals surface area contributed by atoms with Crippen molar-refractivity contribution in [2.24, 2.45) is 5.10 Å². The van der Waals surface area contributed by atoms with E-state index in [1.807, 2.05) is 30.3 Å². The molecule has 0 fully saturated rings. The van der Waals surface area contributed by atoms with Gasteiger partial charge in [-0.25, -0.2) is 5.43 Å². The minimum Gasteiger partial charge on any atom is -0.326 e. The van der Waals surface area contributed by atoms with E-state index in [9.17, 15) is 22.8 Å². The van der Waals surface area contributed by atoms with Crippen LogP contribution in [0.1, 0.15) is 29.3 Å². The first-order valence-electron chi connectivity index (χ1n) is 9.02. The van der Waals surface area contributed by atoms with Crippen molar-refractivity contribution < 1.29 is 22.8 Å². The van der Waals surface area contributed by atoms with E-state index >= 15 is 0 Å². The predicted molar refractivity (Wildman–Crippen MR) is 109 cm³/mol. The van der Waals surface area contributed by atoms with Gasteiger partial charge >= 0.3 is 6.18 Å². The summed E-state index contributed by atoms with van der Waals surface area (Å²) in [5, 5.41) is 8.20. The van der Waals surface area contributed by atoms with Gasteiger partial charge in [-0.15, -0.1) is 0 Å². The van der Waals surface area contributed by atoms with Gasteiger partial charge in [-0.05, 0) is 48.0 Å². The van der Waals surface area contributed by atoms with Gasteiger partial charge < -0.3 is 5.32 Å². The normalized spacial score (nSPS) is 11.9. The van der Waals surface area contributed by atoms with E-state index in [-0.39, 0.29) is 12.1 Å². The highest BCUT2D eigenvalue weighted by Gasteiger charge is 2.30. The van der Waals surface area contributed by atoms with Crippen LogP contribution in [0, 0.1) is 0 Å². The second kappa shape index (κ2) is 8.77. The maximum absolute atomic E-state index is 12.7. The summed E-state index contributed by atoms with van der Waals surface area (Å²) in [5.74, 6) is -0.978. The summed E-state index contributed by atoms with van der Waals surface area (Å²) in [6, 6.07) is 17.2. The number of alkyl halides is 3. The minimum absolute atomic E-state index is 0.0304. The van der Waals surface area contributed by atoms with Crippen LogP contribution in [-0.2, 0) is 11.0 Å². The Hall–Kier alpha value is -3.68. The molecule has 2 N–H and O–H groups in total. The van der Waals surface area contributed by atoms with E-state index in [4.69, 9.17) is 0 Å². The number of fused-ring (bicyclic) bond motifs is 1. The van der Waals surface area contributed by atoms with Gasteiger partial charge in [0, 0.05) is 17.0 Å². The zero-order valence-corrected chi connectivity index (χ0v) is 16.0. The zero-order chi connectivity index (χ0) is 21.7. The Morgan fingerprint density at radius 1 is 0.933 bits per heavy atom. The van der Waals surface area contributed by atoms with Crippen molar-refractivity contribution in [2.75, 3.05) is 5.32 Å². The van der Waals surface area contributed by atoms with Crippen molar-refractivity contribution in [2.45, 2.75) is 19.5 Å². The molecule has 8 heteroatoms. The Labute approximate surface area is 170 Å². The summed E-state index contributed by atoms with van der Waals surface area (Å²) in [5.41, 5.74) is 2.27. The molecule has 3 aromatic carbocycles. The van der Waals surface area contributed by atoms with Crippen molar-refractivity contribution in [3.05, 3.63) is 77.9 Å². The third-order valence-corrected chi connectivity index (χ3v) is 4.25. The molecule has 0 radical (unpaired) electrons. The van der Waals surface area contributed by atoms with Crippen molar-refractivity contribution >= 4 is 34.0 Å². The van der Waals surface area contributed by atoms with Crippen LogP contribution in [0.15, 0.2) is 71.8 Å². The summed E-state index contributed by atoms with van der Waals surface area (Å²) >= 11 is 0. The van der Waals surface area contributed by atoms with Crippen molar-refractivity contribution in [1.82, 2.24) is 5.43 Å². The van der Waals surface area contributed by atoms with Crippen LogP contribution < -0.4 is 10.7 Å². The molecule has 0 saturated carbocycles. The van der Waals surface area contributed by atoms with Gasteiger partial charge in [0.2, 0.25) is 5.91 Å². The van der Waals surface area contributed by atoms with E-state index in [0.29, 0.717) is 11.3 Å². The largest absolute Gasteiger partial charge is 0.416 e. The number of hydrogen-bond donors (Lipinski definition) is 2. The molecule has 0 aliphatic heterocycles. The molecule has 0 aromatic heterocycles. The third kappa shape index (κ3) is 5.44. The number of amides is 2. The second-order valence-electron chi connectivity index (χ2n) is 6.65. The number of halogens is 3. The summed E-state index contributed by atoms with van der Waals surface area (Å²) in [7, 11) is 0. The maximum atomic E-state index is 12.7. The highest BCUT2D eigenvalue weighted by Crippen LogP contribution is 2.30. The molecular formula is C22H18F3N3O2. The number of nitrogens with zero attached hydrogens (tertiary/aromatic N) is 1. The van der Waals surface area contributed by atoms with Crippen LogP contribution in [0.4, 0.5) is 18.9 Å². The highest BCUT2D eigenvalue weighted by molar-refractivity contribution is 6.06.